The van der Waals surface area contributed by atoms with Crippen molar-refractivity contribution in [3.63, 3.8) is 0 Å². The Balaban J connectivity index is 2.36. The molecule has 0 saturated carbocycles. The van der Waals surface area contributed by atoms with E-state index in [1.165, 1.54) is 0 Å². The smallest absolute Gasteiger partial charge is 0.130 e. The van der Waals surface area contributed by atoms with Crippen molar-refractivity contribution in [2.24, 2.45) is 12.9 Å². The van der Waals surface area contributed by atoms with Crippen molar-refractivity contribution in [2.75, 3.05) is 0 Å². The average Bonchev–Trinajstić information content (AvgIpc) is 2.65. The predicted molar refractivity (Wildman–Crippen MR) is 85.9 cm³/mol. The highest BCUT2D eigenvalue weighted by Gasteiger charge is 2.19. The van der Waals surface area contributed by atoms with Crippen molar-refractivity contribution >= 4 is 39.1 Å². The minimum Gasteiger partial charge on any atom is -0.271 e. The molecule has 108 valence electrons. The number of nitrogens with one attached hydrogen (secondary N) is 1. The van der Waals surface area contributed by atoms with Gasteiger partial charge in [0.1, 0.15) is 5.15 Å². The van der Waals surface area contributed by atoms with Gasteiger partial charge in [-0.2, -0.15) is 5.10 Å². The van der Waals surface area contributed by atoms with E-state index in [9.17, 15) is 0 Å². The Bertz CT molecular complexity index is 627. The summed E-state index contributed by atoms with van der Waals surface area (Å²) in [6, 6.07) is 5.54. The lowest BCUT2D eigenvalue weighted by Gasteiger charge is -2.18. The van der Waals surface area contributed by atoms with Crippen LogP contribution in [0.15, 0.2) is 22.7 Å². The van der Waals surface area contributed by atoms with Crippen LogP contribution >= 0.6 is 39.1 Å². The maximum absolute atomic E-state index is 6.26. The molecule has 3 N–H and O–H groups in total. The molecule has 0 spiro atoms. The number of nitrogens with zero attached hydrogens (tertiary/aromatic N) is 2. The Morgan fingerprint density at radius 1 is 1.45 bits per heavy atom. The van der Waals surface area contributed by atoms with E-state index in [4.69, 9.17) is 29.0 Å². The summed E-state index contributed by atoms with van der Waals surface area (Å²) < 4.78 is 2.61. The van der Waals surface area contributed by atoms with Gasteiger partial charge < -0.3 is 0 Å². The minimum absolute atomic E-state index is 0.139. The summed E-state index contributed by atoms with van der Waals surface area (Å²) in [5.41, 5.74) is 5.58. The van der Waals surface area contributed by atoms with Crippen LogP contribution in [0.3, 0.4) is 0 Å². The zero-order valence-electron chi connectivity index (χ0n) is 11.1. The molecule has 1 aromatic heterocycles. The molecule has 0 aliphatic rings. The van der Waals surface area contributed by atoms with E-state index in [0.717, 1.165) is 21.3 Å². The number of halogens is 3. The van der Waals surface area contributed by atoms with Crippen molar-refractivity contribution in [1.82, 2.24) is 15.2 Å². The van der Waals surface area contributed by atoms with Crippen LogP contribution in [-0.4, -0.2) is 9.78 Å². The second kappa shape index (κ2) is 6.45. The maximum Gasteiger partial charge on any atom is 0.130 e. The Hall–Kier alpha value is -0.590. The Kier molecular flexibility index (Phi) is 5.09. The van der Waals surface area contributed by atoms with Crippen molar-refractivity contribution in [3.05, 3.63) is 49.7 Å². The van der Waals surface area contributed by atoms with Gasteiger partial charge >= 0.3 is 0 Å². The molecule has 2 aromatic rings. The molecule has 2 rings (SSSR count). The summed E-state index contributed by atoms with van der Waals surface area (Å²) in [4.78, 5) is 0. The first-order valence-corrected chi connectivity index (χ1v) is 7.58. The largest absolute Gasteiger partial charge is 0.271 e. The van der Waals surface area contributed by atoms with Crippen molar-refractivity contribution < 1.29 is 0 Å². The topological polar surface area (TPSA) is 55.9 Å². The average molecular weight is 378 g/mol. The van der Waals surface area contributed by atoms with Gasteiger partial charge in [-0.05, 0) is 37.1 Å². The molecule has 1 unspecified atom stereocenters. The predicted octanol–water partition coefficient (Wildman–Crippen LogP) is 3.54. The number of nitrogens with two attached hydrogens (primary N) is 1. The fourth-order valence-electron chi connectivity index (χ4n) is 2.15. The van der Waals surface area contributed by atoms with Crippen molar-refractivity contribution in [3.8, 4) is 0 Å². The highest BCUT2D eigenvalue weighted by molar-refractivity contribution is 9.10. The molecule has 0 aliphatic heterocycles. The molecule has 0 saturated heterocycles. The molecule has 20 heavy (non-hydrogen) atoms. The monoisotopic (exact) mass is 376 g/mol. The van der Waals surface area contributed by atoms with E-state index < -0.39 is 0 Å². The molecule has 0 amide bonds. The molecule has 0 aliphatic carbocycles. The zero-order valence-corrected chi connectivity index (χ0v) is 14.2. The standard InChI is InChI=1S/C13H15BrCl2N4/c1-7-9(13(16)20(2)19-7)6-12(18-17)10-5-8(14)3-4-11(10)15/h3-5,12,18H,6,17H2,1-2H3. The summed E-state index contributed by atoms with van der Waals surface area (Å²) in [7, 11) is 1.82. The van der Waals surface area contributed by atoms with Gasteiger partial charge in [0.15, 0.2) is 0 Å². The third-order valence-electron chi connectivity index (χ3n) is 3.21. The quantitative estimate of drug-likeness (QED) is 0.632. The van der Waals surface area contributed by atoms with Crippen LogP contribution in [0, 0.1) is 6.92 Å². The van der Waals surface area contributed by atoms with Gasteiger partial charge in [-0.1, -0.05) is 39.1 Å². The minimum atomic E-state index is -0.139. The lowest BCUT2D eigenvalue weighted by molar-refractivity contribution is 0.551. The van der Waals surface area contributed by atoms with E-state index in [2.05, 4.69) is 26.5 Å². The number of benzene rings is 1. The van der Waals surface area contributed by atoms with Crippen LogP contribution in [0.2, 0.25) is 10.2 Å². The molecule has 1 atom stereocenters. The number of rotatable bonds is 4. The number of aromatic nitrogens is 2. The van der Waals surface area contributed by atoms with Gasteiger partial charge in [0.25, 0.3) is 0 Å². The highest BCUT2D eigenvalue weighted by atomic mass is 79.9. The van der Waals surface area contributed by atoms with Crippen molar-refractivity contribution in [1.29, 1.82) is 0 Å². The third kappa shape index (κ3) is 3.18. The highest BCUT2D eigenvalue weighted by Crippen LogP contribution is 2.31. The molecule has 0 radical (unpaired) electrons. The molecule has 0 bridgehead atoms. The number of hydrogen-bond acceptors (Lipinski definition) is 3. The summed E-state index contributed by atoms with van der Waals surface area (Å²) in [6.07, 6.45) is 0.616. The first-order chi connectivity index (χ1) is 9.43. The van der Waals surface area contributed by atoms with Gasteiger partial charge in [-0.3, -0.25) is 16.0 Å². The van der Waals surface area contributed by atoms with Gasteiger partial charge in [0.2, 0.25) is 0 Å². The number of hydrogen-bond donors (Lipinski definition) is 2. The molecular formula is C13H15BrCl2N4. The summed E-state index contributed by atoms with van der Waals surface area (Å²) in [6.45, 7) is 1.93. The molecule has 0 fully saturated rings. The molecule has 1 aromatic carbocycles. The fraction of sp³-hybridized carbons (Fsp3) is 0.308. The van der Waals surface area contributed by atoms with Crippen LogP contribution in [0.4, 0.5) is 0 Å². The van der Waals surface area contributed by atoms with Gasteiger partial charge in [0, 0.05) is 22.1 Å². The van der Waals surface area contributed by atoms with Gasteiger partial charge in [-0.25, -0.2) is 0 Å². The number of hydrazine groups is 1. The molecule has 4 nitrogen and oxygen atoms in total. The van der Waals surface area contributed by atoms with E-state index in [1.807, 2.05) is 32.2 Å². The Labute approximate surface area is 136 Å². The van der Waals surface area contributed by atoms with Crippen LogP contribution in [0.25, 0.3) is 0 Å². The first kappa shape index (κ1) is 15.8. The van der Waals surface area contributed by atoms with E-state index in [0.29, 0.717) is 16.6 Å². The fourth-order valence-corrected chi connectivity index (χ4v) is 3.03. The molecule has 1 heterocycles. The summed E-state index contributed by atoms with van der Waals surface area (Å²) in [5.74, 6) is 5.68. The molecule has 7 heteroatoms. The van der Waals surface area contributed by atoms with Crippen LogP contribution in [0.5, 0.6) is 0 Å². The molecular weight excluding hydrogens is 363 g/mol. The van der Waals surface area contributed by atoms with Crippen LogP contribution < -0.4 is 11.3 Å². The maximum atomic E-state index is 6.26. The van der Waals surface area contributed by atoms with E-state index >= 15 is 0 Å². The lowest BCUT2D eigenvalue weighted by atomic mass is 10.00. The van der Waals surface area contributed by atoms with Gasteiger partial charge in [0.05, 0.1) is 11.7 Å². The Morgan fingerprint density at radius 3 is 2.70 bits per heavy atom. The van der Waals surface area contributed by atoms with E-state index in [1.54, 1.807) is 4.68 Å². The third-order valence-corrected chi connectivity index (χ3v) is 4.52. The van der Waals surface area contributed by atoms with E-state index in [-0.39, 0.29) is 6.04 Å². The second-order valence-electron chi connectivity index (χ2n) is 4.57. The summed E-state index contributed by atoms with van der Waals surface area (Å²) >= 11 is 16.0. The second-order valence-corrected chi connectivity index (χ2v) is 6.25. The lowest BCUT2D eigenvalue weighted by Crippen LogP contribution is -2.30. The zero-order chi connectivity index (χ0) is 14.9. The Morgan fingerprint density at radius 2 is 2.15 bits per heavy atom. The first-order valence-electron chi connectivity index (χ1n) is 6.03. The van der Waals surface area contributed by atoms with Crippen molar-refractivity contribution in [2.45, 2.75) is 19.4 Å². The SMILES string of the molecule is Cc1nn(C)c(Cl)c1CC(NN)c1cc(Br)ccc1Cl. The van der Waals surface area contributed by atoms with Crippen LogP contribution in [-0.2, 0) is 13.5 Å². The number of aryl methyl sites for hydroxylation is 2. The van der Waals surface area contributed by atoms with Crippen LogP contribution in [0.1, 0.15) is 22.9 Å². The normalized spacial score (nSPS) is 12.7. The summed E-state index contributed by atoms with van der Waals surface area (Å²) in [5, 5.41) is 5.59. The van der Waals surface area contributed by atoms with Gasteiger partial charge in [-0.15, -0.1) is 0 Å².